The average molecular weight is 458 g/mol. The molecule has 1 aromatic rings. The van der Waals surface area contributed by atoms with Crippen LogP contribution in [0.2, 0.25) is 0 Å². The molecular weight excluding hydrogens is 442 g/mol. The molecule has 0 radical (unpaired) electrons. The van der Waals surface area contributed by atoms with Gasteiger partial charge in [-0.25, -0.2) is 9.78 Å². The van der Waals surface area contributed by atoms with E-state index in [0.29, 0.717) is 5.75 Å². The van der Waals surface area contributed by atoms with Crippen LogP contribution >= 0.6 is 34.7 Å². The topological polar surface area (TPSA) is 136 Å². The second kappa shape index (κ2) is 9.29. The van der Waals surface area contributed by atoms with E-state index in [1.807, 2.05) is 0 Å². The van der Waals surface area contributed by atoms with Crippen molar-refractivity contribution in [3.05, 3.63) is 34.5 Å². The molecule has 2 atom stereocenters. The van der Waals surface area contributed by atoms with Gasteiger partial charge in [0.25, 0.3) is 11.8 Å². The summed E-state index contributed by atoms with van der Waals surface area (Å²) in [5, 5.41) is 7.70. The average Bonchev–Trinajstić information content (AvgIpc) is 3.15. The summed E-state index contributed by atoms with van der Waals surface area (Å²) in [6.45, 7) is -0.00665. The van der Waals surface area contributed by atoms with Gasteiger partial charge in [-0.1, -0.05) is 16.8 Å². The van der Waals surface area contributed by atoms with Gasteiger partial charge in [-0.3, -0.25) is 14.5 Å². The van der Waals surface area contributed by atoms with Crippen molar-refractivity contribution in [2.24, 2.45) is 5.16 Å². The molecule has 1 fully saturated rings. The first kappa shape index (κ1) is 21.1. The summed E-state index contributed by atoms with van der Waals surface area (Å²) < 4.78 is 5.05. The molecule has 0 spiro atoms. The highest BCUT2D eigenvalue weighted by molar-refractivity contribution is 8.00. The first-order valence-electron chi connectivity index (χ1n) is 8.18. The van der Waals surface area contributed by atoms with Gasteiger partial charge >= 0.3 is 5.97 Å². The van der Waals surface area contributed by atoms with E-state index in [4.69, 9.17) is 26.9 Å². The lowest BCUT2D eigenvalue weighted by Gasteiger charge is -2.48. The zero-order valence-corrected chi connectivity index (χ0v) is 17.4. The van der Waals surface area contributed by atoms with Crippen LogP contribution in [-0.4, -0.2) is 64.3 Å². The standard InChI is InChI=1S/C16H16ClN5O5S2/c1-26-21-10(8-7-29-16(18)19-8)12(23)20-11-13(24)22-9(3-6-28-14(11)22)15(25)27-5-2-4-17/h2-4,7,11,14H,5-6H2,1H3,(H2,18,19)(H,20,23)/t11?,14-/m1/s1. The maximum atomic E-state index is 12.7. The molecule has 2 aliphatic rings. The van der Waals surface area contributed by atoms with Gasteiger partial charge < -0.3 is 20.6 Å². The summed E-state index contributed by atoms with van der Waals surface area (Å²) >= 11 is 7.95. The summed E-state index contributed by atoms with van der Waals surface area (Å²) in [7, 11) is 1.29. The van der Waals surface area contributed by atoms with Crippen molar-refractivity contribution in [3.8, 4) is 0 Å². The highest BCUT2D eigenvalue weighted by atomic mass is 35.5. The number of fused-ring (bicyclic) bond motifs is 1. The van der Waals surface area contributed by atoms with Crippen LogP contribution in [0.25, 0.3) is 0 Å². The molecule has 2 aliphatic heterocycles. The van der Waals surface area contributed by atoms with E-state index >= 15 is 0 Å². The molecule has 0 bridgehead atoms. The van der Waals surface area contributed by atoms with Crippen molar-refractivity contribution in [3.63, 3.8) is 0 Å². The molecule has 13 heteroatoms. The second-order valence-corrected chi connectivity index (χ2v) is 7.92. The maximum Gasteiger partial charge on any atom is 0.355 e. The number of hydrogen-bond acceptors (Lipinski definition) is 10. The van der Waals surface area contributed by atoms with Gasteiger partial charge in [0.05, 0.1) is 0 Å². The third-order valence-electron chi connectivity index (χ3n) is 3.90. The molecular formula is C16H16ClN5O5S2. The number of nitrogens with one attached hydrogen (secondary N) is 1. The van der Waals surface area contributed by atoms with E-state index in [-0.39, 0.29) is 28.8 Å². The number of nitrogen functional groups attached to an aromatic ring is 1. The summed E-state index contributed by atoms with van der Waals surface area (Å²) in [6, 6.07) is -0.829. The van der Waals surface area contributed by atoms with Crippen LogP contribution in [0.3, 0.4) is 0 Å². The van der Waals surface area contributed by atoms with E-state index in [9.17, 15) is 14.4 Å². The third kappa shape index (κ3) is 4.38. The largest absolute Gasteiger partial charge is 0.457 e. The zero-order chi connectivity index (χ0) is 21.0. The van der Waals surface area contributed by atoms with Crippen molar-refractivity contribution in [1.82, 2.24) is 15.2 Å². The number of carbonyl (C=O) groups is 3. The van der Waals surface area contributed by atoms with Crippen LogP contribution < -0.4 is 11.1 Å². The van der Waals surface area contributed by atoms with Crippen LogP contribution in [0, 0.1) is 0 Å². The Morgan fingerprint density at radius 2 is 2.34 bits per heavy atom. The monoisotopic (exact) mass is 457 g/mol. The summed E-state index contributed by atoms with van der Waals surface area (Å²) in [4.78, 5) is 47.5. The molecule has 0 aliphatic carbocycles. The Labute approximate surface area is 178 Å². The Hall–Kier alpha value is -2.57. The number of halogens is 1. The quantitative estimate of drug-likeness (QED) is 0.263. The predicted molar refractivity (Wildman–Crippen MR) is 109 cm³/mol. The second-order valence-electron chi connectivity index (χ2n) is 5.63. The van der Waals surface area contributed by atoms with Crippen LogP contribution in [0.1, 0.15) is 5.69 Å². The normalized spacial score (nSPS) is 21.3. The number of thioether (sulfide) groups is 1. The van der Waals surface area contributed by atoms with Crippen molar-refractivity contribution >= 4 is 63.3 Å². The van der Waals surface area contributed by atoms with E-state index in [2.05, 4.69) is 15.5 Å². The Bertz CT molecular complexity index is 915. The molecule has 0 saturated carbocycles. The summed E-state index contributed by atoms with van der Waals surface area (Å²) in [5.74, 6) is -1.22. The molecule has 1 saturated heterocycles. The lowest BCUT2D eigenvalue weighted by atomic mass is 10.0. The molecule has 0 aromatic carbocycles. The number of β-lactam (4-membered cyclic amide) rings is 1. The fourth-order valence-electron chi connectivity index (χ4n) is 2.67. The third-order valence-corrected chi connectivity index (χ3v) is 5.94. The number of oxime groups is 1. The lowest BCUT2D eigenvalue weighted by molar-refractivity contribution is -0.151. The number of nitrogens with two attached hydrogens (primary N) is 1. The van der Waals surface area contributed by atoms with Gasteiger partial charge in [0.2, 0.25) is 0 Å². The minimum atomic E-state index is -0.829. The van der Waals surface area contributed by atoms with Crippen molar-refractivity contribution in [2.45, 2.75) is 11.4 Å². The van der Waals surface area contributed by atoms with E-state index in [1.54, 1.807) is 11.5 Å². The number of nitrogens with zero attached hydrogens (tertiary/aromatic N) is 3. The number of esters is 1. The number of ether oxygens (including phenoxy) is 1. The number of carbonyl (C=O) groups excluding carboxylic acids is 3. The van der Waals surface area contributed by atoms with E-state index < -0.39 is 29.2 Å². The minimum absolute atomic E-state index is 0.00665. The molecule has 2 amide bonds. The van der Waals surface area contributed by atoms with E-state index in [1.165, 1.54) is 35.4 Å². The fraction of sp³-hybridized carbons (Fsp3) is 0.312. The van der Waals surface area contributed by atoms with Crippen molar-refractivity contribution < 1.29 is 24.0 Å². The Balaban J connectivity index is 1.69. The van der Waals surface area contributed by atoms with Crippen LogP contribution in [0.15, 0.2) is 33.9 Å². The Kier molecular flexibility index (Phi) is 6.77. The van der Waals surface area contributed by atoms with Gasteiger partial charge in [-0.15, -0.1) is 23.1 Å². The highest BCUT2D eigenvalue weighted by Crippen LogP contribution is 2.37. The molecule has 3 N–H and O–H groups in total. The minimum Gasteiger partial charge on any atom is -0.457 e. The first-order chi connectivity index (χ1) is 14.0. The van der Waals surface area contributed by atoms with Gasteiger partial charge in [-0.2, -0.15) is 0 Å². The zero-order valence-electron chi connectivity index (χ0n) is 15.0. The number of aromatic nitrogens is 1. The molecule has 29 heavy (non-hydrogen) atoms. The molecule has 3 heterocycles. The number of rotatable bonds is 7. The van der Waals surface area contributed by atoms with Gasteiger partial charge in [0.15, 0.2) is 10.8 Å². The van der Waals surface area contributed by atoms with Crippen LogP contribution in [0.5, 0.6) is 0 Å². The van der Waals surface area contributed by atoms with Gasteiger partial charge in [0.1, 0.15) is 36.5 Å². The first-order valence-corrected chi connectivity index (χ1v) is 10.5. The van der Waals surface area contributed by atoms with Gasteiger partial charge in [0, 0.05) is 16.7 Å². The van der Waals surface area contributed by atoms with Crippen LogP contribution in [0.4, 0.5) is 5.13 Å². The predicted octanol–water partition coefficient (Wildman–Crippen LogP) is 0.655. The molecule has 154 valence electrons. The summed E-state index contributed by atoms with van der Waals surface area (Å²) in [6.07, 6.45) is 3.07. The molecule has 1 aromatic heterocycles. The van der Waals surface area contributed by atoms with Crippen molar-refractivity contribution in [1.29, 1.82) is 0 Å². The molecule has 1 unspecified atom stereocenters. The number of anilines is 1. The maximum absolute atomic E-state index is 12.7. The SMILES string of the molecule is CON=C(C(=O)NC1C(=O)N2C(C(=O)OCC=CCl)=CCS[C@H]12)c1csc(N)n1. The van der Waals surface area contributed by atoms with Crippen molar-refractivity contribution in [2.75, 3.05) is 25.2 Å². The van der Waals surface area contributed by atoms with Crippen LogP contribution in [-0.2, 0) is 24.0 Å². The number of hydrogen-bond donors (Lipinski definition) is 2. The fourth-order valence-corrected chi connectivity index (χ4v) is 4.48. The summed E-state index contributed by atoms with van der Waals surface area (Å²) in [5.41, 5.74) is 7.12. The highest BCUT2D eigenvalue weighted by Gasteiger charge is 2.53. The number of amides is 2. The van der Waals surface area contributed by atoms with E-state index in [0.717, 1.165) is 11.3 Å². The Morgan fingerprint density at radius 1 is 1.55 bits per heavy atom. The molecule has 10 nitrogen and oxygen atoms in total. The molecule has 3 rings (SSSR count). The lowest BCUT2D eigenvalue weighted by Crippen LogP contribution is -2.70. The van der Waals surface area contributed by atoms with Gasteiger partial charge in [-0.05, 0) is 12.2 Å². The smallest absolute Gasteiger partial charge is 0.355 e. The Morgan fingerprint density at radius 3 is 3.00 bits per heavy atom. The number of thiazole rings is 1.